The molecule has 29 heavy (non-hydrogen) atoms. The second-order valence-corrected chi connectivity index (χ2v) is 7.48. The minimum absolute atomic E-state index is 0.175. The molecular weight excluding hydrogens is 360 g/mol. The summed E-state index contributed by atoms with van der Waals surface area (Å²) in [7, 11) is 0. The Hall–Kier alpha value is -3.14. The topological polar surface area (TPSA) is 58.2 Å². The zero-order chi connectivity index (χ0) is 20.5. The van der Waals surface area contributed by atoms with E-state index in [1.807, 2.05) is 55.5 Å². The van der Waals surface area contributed by atoms with Crippen molar-refractivity contribution in [2.45, 2.75) is 45.1 Å². The number of nitrogens with one attached hydrogen (secondary N) is 2. The molecule has 0 heterocycles. The summed E-state index contributed by atoms with van der Waals surface area (Å²) in [5, 5.41) is 5.87. The van der Waals surface area contributed by atoms with Gasteiger partial charge in [-0.1, -0.05) is 79.4 Å². The maximum Gasteiger partial charge on any atom is 0.268 e. The monoisotopic (exact) mass is 388 g/mol. The number of rotatable bonds is 6. The molecule has 3 rings (SSSR count). The third-order valence-corrected chi connectivity index (χ3v) is 5.10. The van der Waals surface area contributed by atoms with Gasteiger partial charge in [-0.3, -0.25) is 9.59 Å². The Morgan fingerprint density at radius 1 is 0.931 bits per heavy atom. The van der Waals surface area contributed by atoms with Gasteiger partial charge in [0.05, 0.1) is 0 Å². The van der Waals surface area contributed by atoms with E-state index in [0.717, 1.165) is 36.8 Å². The number of aryl methyl sites for hydroxylation is 1. The highest BCUT2D eigenvalue weighted by Gasteiger charge is 2.19. The molecule has 2 N–H and O–H groups in total. The van der Waals surface area contributed by atoms with E-state index in [9.17, 15) is 9.59 Å². The predicted molar refractivity (Wildman–Crippen MR) is 117 cm³/mol. The molecule has 2 amide bonds. The Bertz CT molecular complexity index is 877. The number of hydrogen-bond donors (Lipinski definition) is 2. The minimum atomic E-state index is -0.289. The lowest BCUT2D eigenvalue weighted by Gasteiger charge is -2.23. The Morgan fingerprint density at radius 3 is 2.31 bits per heavy atom. The molecule has 1 saturated carbocycles. The summed E-state index contributed by atoms with van der Waals surface area (Å²) in [6.07, 6.45) is 10.8. The van der Waals surface area contributed by atoms with Crippen LogP contribution in [0.5, 0.6) is 0 Å². The van der Waals surface area contributed by atoms with Crippen LogP contribution in [0.1, 0.15) is 53.6 Å². The standard InChI is InChI=1S/C25H28N2O2/c1-19-15-17-21(18-16-19)24(28)27-23(14-8-11-20-9-4-2-5-10-20)25(29)26-22-12-6-3-7-13-22/h2,4-5,8-11,14-18,22H,3,6-7,12-13H2,1H3,(H,26,29)(H,27,28)/b11-8+,23-14-. The van der Waals surface area contributed by atoms with Gasteiger partial charge in [0.1, 0.15) is 5.70 Å². The molecule has 1 aliphatic carbocycles. The van der Waals surface area contributed by atoms with Gasteiger partial charge in [-0.05, 0) is 43.5 Å². The third-order valence-electron chi connectivity index (χ3n) is 5.10. The molecule has 0 saturated heterocycles. The van der Waals surface area contributed by atoms with Gasteiger partial charge in [0.25, 0.3) is 11.8 Å². The largest absolute Gasteiger partial charge is 0.348 e. The van der Waals surface area contributed by atoms with Crippen LogP contribution in [0.4, 0.5) is 0 Å². The van der Waals surface area contributed by atoms with Crippen molar-refractivity contribution in [3.05, 3.63) is 89.1 Å². The van der Waals surface area contributed by atoms with Crippen LogP contribution in [-0.2, 0) is 4.79 Å². The van der Waals surface area contributed by atoms with Crippen LogP contribution in [0.3, 0.4) is 0 Å². The number of amides is 2. The summed E-state index contributed by atoms with van der Waals surface area (Å²) in [6, 6.07) is 17.3. The van der Waals surface area contributed by atoms with Gasteiger partial charge in [-0.2, -0.15) is 0 Å². The lowest BCUT2D eigenvalue weighted by Crippen LogP contribution is -2.41. The van der Waals surface area contributed by atoms with Crippen LogP contribution in [0.25, 0.3) is 6.08 Å². The number of allylic oxidation sites excluding steroid dienone is 2. The van der Waals surface area contributed by atoms with Gasteiger partial charge in [-0.15, -0.1) is 0 Å². The summed E-state index contributed by atoms with van der Waals surface area (Å²) in [4.78, 5) is 25.5. The minimum Gasteiger partial charge on any atom is -0.348 e. The van der Waals surface area contributed by atoms with Crippen molar-refractivity contribution in [1.29, 1.82) is 0 Å². The first-order valence-electron chi connectivity index (χ1n) is 10.2. The number of hydrogen-bond acceptors (Lipinski definition) is 2. The van der Waals surface area contributed by atoms with Crippen LogP contribution in [0, 0.1) is 6.92 Å². The normalized spacial score (nSPS) is 15.3. The average molecular weight is 389 g/mol. The molecule has 0 aromatic heterocycles. The first-order chi connectivity index (χ1) is 14.1. The second kappa shape index (κ2) is 10.4. The maximum atomic E-state index is 12.8. The summed E-state index contributed by atoms with van der Waals surface area (Å²) < 4.78 is 0. The van der Waals surface area contributed by atoms with E-state index in [1.54, 1.807) is 24.3 Å². The van der Waals surface area contributed by atoms with Crippen LogP contribution >= 0.6 is 0 Å². The lowest BCUT2D eigenvalue weighted by atomic mass is 9.95. The third kappa shape index (κ3) is 6.46. The van der Waals surface area contributed by atoms with Crippen LogP contribution in [0.15, 0.2) is 72.4 Å². The van der Waals surface area contributed by atoms with Gasteiger partial charge in [0, 0.05) is 11.6 Å². The molecule has 0 spiro atoms. The maximum absolute atomic E-state index is 12.8. The van der Waals surface area contributed by atoms with Crippen LogP contribution in [0.2, 0.25) is 0 Å². The highest BCUT2D eigenvalue weighted by molar-refractivity contribution is 6.03. The van der Waals surface area contributed by atoms with Gasteiger partial charge < -0.3 is 10.6 Å². The molecule has 2 aromatic rings. The molecule has 2 aromatic carbocycles. The zero-order valence-electron chi connectivity index (χ0n) is 16.9. The first-order valence-corrected chi connectivity index (χ1v) is 10.2. The molecule has 1 fully saturated rings. The molecule has 1 aliphatic rings. The van der Waals surface area contributed by atoms with E-state index in [0.29, 0.717) is 5.56 Å². The summed E-state index contributed by atoms with van der Waals surface area (Å²) in [6.45, 7) is 1.97. The van der Waals surface area contributed by atoms with E-state index in [4.69, 9.17) is 0 Å². The molecule has 0 radical (unpaired) electrons. The number of benzene rings is 2. The van der Waals surface area contributed by atoms with Crippen LogP contribution in [-0.4, -0.2) is 17.9 Å². The molecule has 0 aliphatic heterocycles. The Kier molecular flexibility index (Phi) is 7.40. The fraction of sp³-hybridized carbons (Fsp3) is 0.280. The fourth-order valence-electron chi connectivity index (χ4n) is 3.40. The van der Waals surface area contributed by atoms with Crippen molar-refractivity contribution in [2.24, 2.45) is 0 Å². The molecule has 0 atom stereocenters. The van der Waals surface area contributed by atoms with E-state index in [-0.39, 0.29) is 23.6 Å². The van der Waals surface area contributed by atoms with Gasteiger partial charge in [0.2, 0.25) is 0 Å². The predicted octanol–water partition coefficient (Wildman–Crippen LogP) is 4.77. The molecule has 0 bridgehead atoms. The van der Waals surface area contributed by atoms with E-state index < -0.39 is 0 Å². The summed E-state index contributed by atoms with van der Waals surface area (Å²) in [5.74, 6) is -0.529. The smallest absolute Gasteiger partial charge is 0.268 e. The van der Waals surface area contributed by atoms with Crippen molar-refractivity contribution in [3.63, 3.8) is 0 Å². The van der Waals surface area contributed by atoms with E-state index in [1.165, 1.54) is 6.42 Å². The highest BCUT2D eigenvalue weighted by atomic mass is 16.2. The van der Waals surface area contributed by atoms with E-state index in [2.05, 4.69) is 10.6 Å². The second-order valence-electron chi connectivity index (χ2n) is 7.48. The first kappa shape index (κ1) is 20.6. The van der Waals surface area contributed by atoms with Gasteiger partial charge in [0.15, 0.2) is 0 Å². The van der Waals surface area contributed by atoms with Gasteiger partial charge in [-0.25, -0.2) is 0 Å². The van der Waals surface area contributed by atoms with Crippen molar-refractivity contribution in [1.82, 2.24) is 10.6 Å². The molecular formula is C25H28N2O2. The highest BCUT2D eigenvalue weighted by Crippen LogP contribution is 2.17. The van der Waals surface area contributed by atoms with Gasteiger partial charge >= 0.3 is 0 Å². The molecule has 0 unspecified atom stereocenters. The summed E-state index contributed by atoms with van der Waals surface area (Å²) >= 11 is 0. The van der Waals surface area contributed by atoms with Crippen LogP contribution < -0.4 is 10.6 Å². The average Bonchev–Trinajstić information content (AvgIpc) is 2.75. The summed E-state index contributed by atoms with van der Waals surface area (Å²) in [5.41, 5.74) is 2.89. The Balaban J connectivity index is 1.74. The molecule has 4 nitrogen and oxygen atoms in total. The quantitative estimate of drug-likeness (QED) is 0.553. The Labute approximate surface area is 172 Å². The molecule has 150 valence electrons. The Morgan fingerprint density at radius 2 is 1.62 bits per heavy atom. The van der Waals surface area contributed by atoms with E-state index >= 15 is 0 Å². The SMILES string of the molecule is Cc1ccc(C(=O)N/C(=C\C=C\c2ccccc2)C(=O)NC2CCCCC2)cc1. The van der Waals surface area contributed by atoms with Crippen molar-refractivity contribution in [2.75, 3.05) is 0 Å². The fourth-order valence-corrected chi connectivity index (χ4v) is 3.40. The zero-order valence-corrected chi connectivity index (χ0v) is 16.9. The molecule has 4 heteroatoms. The number of carbonyl (C=O) groups is 2. The lowest BCUT2D eigenvalue weighted by molar-refractivity contribution is -0.118. The van der Waals surface area contributed by atoms with Crippen molar-refractivity contribution in [3.8, 4) is 0 Å². The number of carbonyl (C=O) groups excluding carboxylic acids is 2. The van der Waals surface area contributed by atoms with Crippen molar-refractivity contribution >= 4 is 17.9 Å². The van der Waals surface area contributed by atoms with Crippen molar-refractivity contribution < 1.29 is 9.59 Å².